The van der Waals surface area contributed by atoms with Gasteiger partial charge >= 0.3 is 0 Å². The number of hydrogen-bond acceptors (Lipinski definition) is 7. The Kier molecular flexibility index (Phi) is 7.80. The van der Waals surface area contributed by atoms with Crippen LogP contribution in [-0.4, -0.2) is 71.5 Å². The monoisotopic (exact) mass is 480 g/mol. The molecule has 9 heteroatoms. The lowest BCUT2D eigenvalue weighted by atomic mass is 9.99. The topological polar surface area (TPSA) is 129 Å². The van der Waals surface area contributed by atoms with Crippen molar-refractivity contribution >= 4 is 17.5 Å². The largest absolute Gasteiger partial charge is 0.388 e. The van der Waals surface area contributed by atoms with Gasteiger partial charge in [-0.1, -0.05) is 42.2 Å². The Balaban J connectivity index is 1.39. The molecule has 4 rings (SSSR count). The zero-order valence-corrected chi connectivity index (χ0v) is 19.3. The average Bonchev–Trinajstić information content (AvgIpc) is 2.87. The zero-order chi connectivity index (χ0) is 24.9. The molecule has 2 heterocycles. The molecule has 2 aliphatic rings. The van der Waals surface area contributed by atoms with E-state index in [2.05, 4.69) is 17.2 Å². The van der Waals surface area contributed by atoms with Crippen LogP contribution in [0.1, 0.15) is 29.5 Å². The van der Waals surface area contributed by atoms with Crippen LogP contribution < -0.4 is 10.2 Å². The highest BCUT2D eigenvalue weighted by Crippen LogP contribution is 2.26. The molecule has 1 fully saturated rings. The second kappa shape index (κ2) is 11.0. The predicted octanol–water partition coefficient (Wildman–Crippen LogP) is 0.283. The van der Waals surface area contributed by atoms with Crippen LogP contribution in [0.5, 0.6) is 0 Å². The lowest BCUT2D eigenvalue weighted by molar-refractivity contribution is -0.288. The standard InChI is InChI=1S/C26H28N2O7/c1-34-26-25(33)24(32)23(31)20(35-26)14-27-21(29)12-13-22(30)28-15-18-8-3-2-6-16(18)10-11-17-7-4-5-9-19(17)28/h2-9,20,23-26,31-33H,12-15H2,1H3,(H,27,29)/t20?,23-,24-,25?,26+/m0/s1. The average molecular weight is 481 g/mol. The summed E-state index contributed by atoms with van der Waals surface area (Å²) in [7, 11) is 1.30. The molecule has 0 aromatic heterocycles. The smallest absolute Gasteiger partial charge is 0.227 e. The molecule has 2 unspecified atom stereocenters. The number of para-hydroxylation sites is 1. The fraction of sp³-hybridized carbons (Fsp3) is 0.385. The Morgan fingerprint density at radius 3 is 2.46 bits per heavy atom. The van der Waals surface area contributed by atoms with Crippen LogP contribution in [0.3, 0.4) is 0 Å². The third kappa shape index (κ3) is 5.53. The molecule has 1 saturated heterocycles. The fourth-order valence-electron chi connectivity index (χ4n) is 4.15. The maximum Gasteiger partial charge on any atom is 0.227 e. The Hall–Kier alpha value is -3.26. The molecule has 2 aliphatic heterocycles. The highest BCUT2D eigenvalue weighted by molar-refractivity contribution is 5.96. The summed E-state index contributed by atoms with van der Waals surface area (Å²) < 4.78 is 10.4. The van der Waals surface area contributed by atoms with Crippen LogP contribution in [-0.2, 0) is 25.6 Å². The van der Waals surface area contributed by atoms with Crippen molar-refractivity contribution in [2.45, 2.75) is 50.1 Å². The highest BCUT2D eigenvalue weighted by atomic mass is 16.7. The molecule has 0 spiro atoms. The van der Waals surface area contributed by atoms with E-state index in [1.54, 1.807) is 4.90 Å². The summed E-state index contributed by atoms with van der Waals surface area (Å²) in [5, 5.41) is 32.6. The lowest BCUT2D eigenvalue weighted by Gasteiger charge is -2.39. The van der Waals surface area contributed by atoms with Crippen LogP contribution >= 0.6 is 0 Å². The van der Waals surface area contributed by atoms with Gasteiger partial charge in [0.25, 0.3) is 0 Å². The van der Waals surface area contributed by atoms with Crippen molar-refractivity contribution in [3.8, 4) is 11.8 Å². The molecule has 35 heavy (non-hydrogen) atoms. The minimum Gasteiger partial charge on any atom is -0.388 e. The molecular formula is C26H28N2O7. The maximum absolute atomic E-state index is 13.2. The van der Waals surface area contributed by atoms with Gasteiger partial charge in [0.1, 0.15) is 24.4 Å². The van der Waals surface area contributed by atoms with Gasteiger partial charge in [-0.3, -0.25) is 9.59 Å². The molecular weight excluding hydrogens is 452 g/mol. The van der Waals surface area contributed by atoms with Gasteiger partial charge in [-0.15, -0.1) is 0 Å². The second-order valence-corrected chi connectivity index (χ2v) is 8.46. The van der Waals surface area contributed by atoms with Gasteiger partial charge in [0.05, 0.1) is 12.2 Å². The van der Waals surface area contributed by atoms with E-state index < -0.39 is 36.6 Å². The SMILES string of the molecule is CO[C@@H]1OC(CNC(=O)CCC(=O)N2Cc3ccccc3C#Cc3ccccc32)[C@H](O)[C@H](O)C1O. The quantitative estimate of drug-likeness (QED) is 0.438. The van der Waals surface area contributed by atoms with E-state index in [1.165, 1.54) is 7.11 Å². The number of nitrogens with one attached hydrogen (secondary N) is 1. The Labute approximate surface area is 203 Å². The molecule has 0 bridgehead atoms. The number of aliphatic hydroxyl groups excluding tert-OH is 3. The molecule has 5 atom stereocenters. The summed E-state index contributed by atoms with van der Waals surface area (Å²) in [6.07, 6.45) is -6.51. The molecule has 0 radical (unpaired) electrons. The molecule has 2 aromatic rings. The van der Waals surface area contributed by atoms with Gasteiger partial charge in [-0.05, 0) is 23.8 Å². The second-order valence-electron chi connectivity index (χ2n) is 8.46. The van der Waals surface area contributed by atoms with E-state index >= 15 is 0 Å². The first kappa shape index (κ1) is 24.9. The summed E-state index contributed by atoms with van der Waals surface area (Å²) in [6.45, 7) is 0.219. The fourth-order valence-corrected chi connectivity index (χ4v) is 4.15. The van der Waals surface area contributed by atoms with Crippen molar-refractivity contribution in [2.24, 2.45) is 0 Å². The van der Waals surface area contributed by atoms with Gasteiger partial charge in [0, 0.05) is 37.6 Å². The van der Waals surface area contributed by atoms with Gasteiger partial charge in [0.2, 0.25) is 11.8 Å². The third-order valence-corrected chi connectivity index (χ3v) is 6.14. The lowest BCUT2D eigenvalue weighted by Crippen LogP contribution is -2.60. The number of nitrogens with zero attached hydrogens (tertiary/aromatic N) is 1. The summed E-state index contributed by atoms with van der Waals surface area (Å²) in [5.74, 6) is 5.67. The number of carbonyl (C=O) groups is 2. The molecule has 9 nitrogen and oxygen atoms in total. The highest BCUT2D eigenvalue weighted by Gasteiger charge is 2.43. The van der Waals surface area contributed by atoms with E-state index in [0.717, 1.165) is 16.7 Å². The maximum atomic E-state index is 13.2. The Morgan fingerprint density at radius 2 is 1.69 bits per heavy atom. The Morgan fingerprint density at radius 1 is 1.00 bits per heavy atom. The summed E-state index contributed by atoms with van der Waals surface area (Å²) >= 11 is 0. The summed E-state index contributed by atoms with van der Waals surface area (Å²) in [6, 6.07) is 15.0. The number of anilines is 1. The minimum absolute atomic E-state index is 0.0358. The van der Waals surface area contributed by atoms with Gasteiger partial charge in [-0.25, -0.2) is 0 Å². The molecule has 2 amide bonds. The number of rotatable bonds is 6. The van der Waals surface area contributed by atoms with Crippen LogP contribution in [0.2, 0.25) is 0 Å². The number of ether oxygens (including phenoxy) is 2. The zero-order valence-electron chi connectivity index (χ0n) is 19.3. The van der Waals surface area contributed by atoms with Crippen LogP contribution in [0.25, 0.3) is 0 Å². The number of aliphatic hydroxyl groups is 3. The number of carbonyl (C=O) groups excluding carboxylic acids is 2. The molecule has 184 valence electrons. The van der Waals surface area contributed by atoms with E-state index in [4.69, 9.17) is 9.47 Å². The molecule has 0 aliphatic carbocycles. The number of methoxy groups -OCH3 is 1. The molecule has 4 N–H and O–H groups in total. The number of hydrogen-bond donors (Lipinski definition) is 4. The van der Waals surface area contributed by atoms with Crippen LogP contribution in [0, 0.1) is 11.8 Å². The number of benzene rings is 2. The normalized spacial score (nSPS) is 25.3. The number of fused-ring (bicyclic) bond motifs is 2. The molecule has 0 saturated carbocycles. The molecule has 2 aromatic carbocycles. The van der Waals surface area contributed by atoms with E-state index in [9.17, 15) is 24.9 Å². The van der Waals surface area contributed by atoms with Gasteiger partial charge < -0.3 is 35.0 Å². The van der Waals surface area contributed by atoms with Crippen molar-refractivity contribution in [1.29, 1.82) is 0 Å². The van der Waals surface area contributed by atoms with Gasteiger partial charge in [0.15, 0.2) is 6.29 Å². The Bertz CT molecular complexity index is 1140. The van der Waals surface area contributed by atoms with Crippen molar-refractivity contribution in [3.63, 3.8) is 0 Å². The van der Waals surface area contributed by atoms with Crippen molar-refractivity contribution in [3.05, 3.63) is 65.2 Å². The third-order valence-electron chi connectivity index (χ3n) is 6.14. The van der Waals surface area contributed by atoms with E-state index in [1.807, 2.05) is 48.5 Å². The predicted molar refractivity (Wildman–Crippen MR) is 126 cm³/mol. The van der Waals surface area contributed by atoms with E-state index in [0.29, 0.717) is 12.2 Å². The van der Waals surface area contributed by atoms with Crippen LogP contribution in [0.4, 0.5) is 5.69 Å². The van der Waals surface area contributed by atoms with Crippen LogP contribution in [0.15, 0.2) is 48.5 Å². The van der Waals surface area contributed by atoms with Crippen molar-refractivity contribution < 1.29 is 34.4 Å². The van der Waals surface area contributed by atoms with Gasteiger partial charge in [-0.2, -0.15) is 0 Å². The first-order valence-corrected chi connectivity index (χ1v) is 11.4. The number of amides is 2. The van der Waals surface area contributed by atoms with Crippen molar-refractivity contribution in [2.75, 3.05) is 18.6 Å². The summed E-state index contributed by atoms with van der Waals surface area (Å²) in [5.41, 5.74) is 3.20. The first-order chi connectivity index (χ1) is 16.9. The van der Waals surface area contributed by atoms with E-state index in [-0.39, 0.29) is 25.3 Å². The first-order valence-electron chi connectivity index (χ1n) is 11.4. The summed E-state index contributed by atoms with van der Waals surface area (Å²) in [4.78, 5) is 27.3. The van der Waals surface area contributed by atoms with Crippen molar-refractivity contribution in [1.82, 2.24) is 5.32 Å². The minimum atomic E-state index is -1.48.